The Kier molecular flexibility index (Phi) is 8.71. The fraction of sp³-hybridized carbons (Fsp3) is 0. The highest BCUT2D eigenvalue weighted by Crippen LogP contribution is 2.38. The number of amides is 1. The van der Waals surface area contributed by atoms with Gasteiger partial charge in [0.15, 0.2) is 5.75 Å². The maximum atomic E-state index is 13.4. The molecule has 7 nitrogen and oxygen atoms in total. The van der Waals surface area contributed by atoms with Crippen molar-refractivity contribution in [2.24, 2.45) is 5.10 Å². The molecule has 0 spiro atoms. The number of nitrogens with one attached hydrogen (secondary N) is 2. The molecule has 4 aromatic carbocycles. The third-order valence-electron chi connectivity index (χ3n) is 6.01. The number of aromatic amines is 1. The van der Waals surface area contributed by atoms with Crippen LogP contribution in [0.4, 0.5) is 0 Å². The van der Waals surface area contributed by atoms with Crippen LogP contribution in [0.15, 0.2) is 97.4 Å². The summed E-state index contributed by atoms with van der Waals surface area (Å²) in [6, 6.07) is 24.7. The number of halogens is 4. The fourth-order valence-corrected chi connectivity index (χ4v) is 6.00. The highest BCUT2D eigenvalue weighted by molar-refractivity contribution is 9.11. The molecular weight excluding hydrogens is 740 g/mol. The minimum atomic E-state index is -0.560. The van der Waals surface area contributed by atoms with Gasteiger partial charge in [-0.2, -0.15) is 10.4 Å². The molecule has 1 heterocycles. The number of H-pyrrole nitrogens is 1. The van der Waals surface area contributed by atoms with E-state index in [1.807, 2.05) is 12.1 Å². The third kappa shape index (κ3) is 6.14. The predicted molar refractivity (Wildman–Crippen MR) is 169 cm³/mol. The second-order valence-electron chi connectivity index (χ2n) is 8.60. The average Bonchev–Trinajstić information content (AvgIpc) is 3.35. The number of carbonyl (C=O) groups excluding carboxylic acids is 2. The SMILES string of the molecule is N#Cc1cccc2c(-c3ccccc3Cl)c(C(=O)NN=Cc3cc(Br)cc(Br)c3OC(=O)c3ccc(Br)cc3)[nH]c12. The zero-order valence-corrected chi connectivity index (χ0v) is 26.2. The number of hydrogen-bond donors (Lipinski definition) is 2. The molecule has 0 aliphatic carbocycles. The van der Waals surface area contributed by atoms with Crippen LogP contribution in [-0.4, -0.2) is 23.1 Å². The van der Waals surface area contributed by atoms with E-state index in [2.05, 4.69) is 69.4 Å². The van der Waals surface area contributed by atoms with Crippen molar-refractivity contribution in [3.05, 3.63) is 120 Å². The summed E-state index contributed by atoms with van der Waals surface area (Å²) in [5.41, 5.74) is 5.57. The van der Waals surface area contributed by atoms with E-state index < -0.39 is 11.9 Å². The molecule has 1 amide bonds. The van der Waals surface area contributed by atoms with Crippen LogP contribution >= 0.6 is 59.4 Å². The van der Waals surface area contributed by atoms with Crippen LogP contribution in [0, 0.1) is 11.3 Å². The van der Waals surface area contributed by atoms with Crippen LogP contribution in [0.2, 0.25) is 5.02 Å². The van der Waals surface area contributed by atoms with E-state index in [4.69, 9.17) is 16.3 Å². The lowest BCUT2D eigenvalue weighted by molar-refractivity contribution is 0.0733. The van der Waals surface area contributed by atoms with Crippen molar-refractivity contribution in [1.82, 2.24) is 10.4 Å². The van der Waals surface area contributed by atoms with Crippen LogP contribution in [-0.2, 0) is 0 Å². The second kappa shape index (κ2) is 12.4. The van der Waals surface area contributed by atoms with Gasteiger partial charge in [0.25, 0.3) is 5.91 Å². The van der Waals surface area contributed by atoms with Crippen molar-refractivity contribution in [2.75, 3.05) is 0 Å². The first-order chi connectivity index (χ1) is 19.8. The smallest absolute Gasteiger partial charge is 0.343 e. The first-order valence-corrected chi connectivity index (χ1v) is 14.6. The number of hydrogen-bond acceptors (Lipinski definition) is 5. The molecule has 202 valence electrons. The van der Waals surface area contributed by atoms with Gasteiger partial charge in [-0.1, -0.05) is 73.8 Å². The molecule has 41 heavy (non-hydrogen) atoms. The van der Waals surface area contributed by atoms with Crippen molar-refractivity contribution in [1.29, 1.82) is 5.26 Å². The predicted octanol–water partition coefficient (Wildman–Crippen LogP) is 8.63. The maximum absolute atomic E-state index is 13.4. The van der Waals surface area contributed by atoms with Crippen LogP contribution in [0.5, 0.6) is 5.75 Å². The zero-order chi connectivity index (χ0) is 29.1. The topological polar surface area (TPSA) is 107 Å². The van der Waals surface area contributed by atoms with Crippen molar-refractivity contribution < 1.29 is 14.3 Å². The number of nitriles is 1. The summed E-state index contributed by atoms with van der Waals surface area (Å²) in [5, 5.41) is 14.9. The van der Waals surface area contributed by atoms with Crippen molar-refractivity contribution in [3.63, 3.8) is 0 Å². The van der Waals surface area contributed by atoms with Gasteiger partial charge < -0.3 is 9.72 Å². The number of esters is 1. The Labute approximate surface area is 264 Å². The van der Waals surface area contributed by atoms with E-state index in [9.17, 15) is 14.9 Å². The Hall–Kier alpha value is -3.75. The van der Waals surface area contributed by atoms with Crippen molar-refractivity contribution >= 4 is 88.4 Å². The molecule has 0 saturated carbocycles. The zero-order valence-electron chi connectivity index (χ0n) is 20.7. The standard InChI is InChI=1S/C30H16Br3ClN4O3/c31-19-10-8-16(9-11-19)30(40)41-28-18(12-20(32)13-23(28)33)15-36-38-29(39)27-25(21-5-1-2-7-24(21)34)22-6-3-4-17(14-35)26(22)37-27/h1-13,15,37H,(H,38,39). The van der Waals surface area contributed by atoms with Crippen LogP contribution < -0.4 is 10.2 Å². The Balaban J connectivity index is 1.48. The Morgan fingerprint density at radius 2 is 1.73 bits per heavy atom. The van der Waals surface area contributed by atoms with Gasteiger partial charge in [-0.15, -0.1) is 0 Å². The fourth-order valence-electron chi connectivity index (χ4n) is 4.16. The van der Waals surface area contributed by atoms with E-state index in [1.54, 1.807) is 66.7 Å². The molecule has 5 rings (SSSR count). The molecule has 0 unspecified atom stereocenters. The van der Waals surface area contributed by atoms with Crippen molar-refractivity contribution in [3.8, 4) is 22.9 Å². The monoisotopic (exact) mass is 752 g/mol. The molecule has 0 atom stereocenters. The van der Waals surface area contributed by atoms with Gasteiger partial charge >= 0.3 is 5.97 Å². The van der Waals surface area contributed by atoms with Gasteiger partial charge in [0.05, 0.1) is 27.3 Å². The van der Waals surface area contributed by atoms with E-state index in [-0.39, 0.29) is 11.4 Å². The van der Waals surface area contributed by atoms with Gasteiger partial charge in [-0.3, -0.25) is 4.79 Å². The lowest BCUT2D eigenvalue weighted by Gasteiger charge is -2.11. The molecule has 0 saturated heterocycles. The molecule has 11 heteroatoms. The molecule has 1 aromatic heterocycles. The van der Waals surface area contributed by atoms with E-state index in [0.717, 1.165) is 4.47 Å². The largest absolute Gasteiger partial charge is 0.421 e. The summed E-state index contributed by atoms with van der Waals surface area (Å²) in [7, 11) is 0. The number of fused-ring (bicyclic) bond motifs is 1. The summed E-state index contributed by atoms with van der Waals surface area (Å²) >= 11 is 16.7. The highest BCUT2D eigenvalue weighted by atomic mass is 79.9. The van der Waals surface area contributed by atoms with E-state index in [1.165, 1.54) is 6.21 Å². The van der Waals surface area contributed by atoms with Crippen LogP contribution in [0.1, 0.15) is 32.0 Å². The summed E-state index contributed by atoms with van der Waals surface area (Å²) in [6.07, 6.45) is 1.37. The first-order valence-electron chi connectivity index (χ1n) is 11.9. The Morgan fingerprint density at radius 3 is 2.46 bits per heavy atom. The van der Waals surface area contributed by atoms with Crippen LogP contribution in [0.25, 0.3) is 22.0 Å². The lowest BCUT2D eigenvalue weighted by atomic mass is 10.0. The first kappa shape index (κ1) is 28.8. The Morgan fingerprint density at radius 1 is 0.976 bits per heavy atom. The molecule has 0 aliphatic rings. The molecule has 5 aromatic rings. The number of rotatable bonds is 6. The normalized spacial score (nSPS) is 11.0. The lowest BCUT2D eigenvalue weighted by Crippen LogP contribution is -2.19. The minimum Gasteiger partial charge on any atom is -0.421 e. The summed E-state index contributed by atoms with van der Waals surface area (Å²) in [6.45, 7) is 0. The summed E-state index contributed by atoms with van der Waals surface area (Å²) in [4.78, 5) is 29.3. The van der Waals surface area contributed by atoms with Gasteiger partial charge in [0, 0.05) is 36.0 Å². The van der Waals surface area contributed by atoms with E-state index in [0.29, 0.717) is 52.7 Å². The molecule has 0 aliphatic heterocycles. The summed E-state index contributed by atoms with van der Waals surface area (Å²) in [5.74, 6) is -0.895. The Bertz CT molecular complexity index is 1900. The number of carbonyl (C=O) groups is 2. The highest BCUT2D eigenvalue weighted by Gasteiger charge is 2.22. The number of para-hydroxylation sites is 1. The second-order valence-corrected chi connectivity index (χ2v) is 11.7. The molecule has 0 fully saturated rings. The molecular formula is C30H16Br3ClN4O3. The number of nitrogens with zero attached hydrogens (tertiary/aromatic N) is 2. The maximum Gasteiger partial charge on any atom is 0.343 e. The molecule has 2 N–H and O–H groups in total. The summed E-state index contributed by atoms with van der Waals surface area (Å²) < 4.78 is 7.71. The van der Waals surface area contributed by atoms with Crippen molar-refractivity contribution in [2.45, 2.75) is 0 Å². The number of benzene rings is 4. The van der Waals surface area contributed by atoms with Gasteiger partial charge in [-0.25, -0.2) is 10.2 Å². The van der Waals surface area contributed by atoms with E-state index >= 15 is 0 Å². The average molecular weight is 756 g/mol. The van der Waals surface area contributed by atoms with Gasteiger partial charge in [0.1, 0.15) is 11.8 Å². The van der Waals surface area contributed by atoms with Gasteiger partial charge in [0.2, 0.25) is 0 Å². The number of ether oxygens (including phenoxy) is 1. The quantitative estimate of drug-likeness (QED) is 0.0784. The number of hydrazone groups is 1. The number of aromatic nitrogens is 1. The molecule has 0 bridgehead atoms. The van der Waals surface area contributed by atoms with Gasteiger partial charge in [-0.05, 0) is 64.5 Å². The molecule has 0 radical (unpaired) electrons. The van der Waals surface area contributed by atoms with Crippen LogP contribution in [0.3, 0.4) is 0 Å². The third-order valence-corrected chi connectivity index (χ3v) is 7.91. The minimum absolute atomic E-state index is 0.185.